The highest BCUT2D eigenvalue weighted by Crippen LogP contribution is 2.07. The summed E-state index contributed by atoms with van der Waals surface area (Å²) in [4.78, 5) is 11.7. The Balaban J connectivity index is 1.76. The monoisotopic (exact) mass is 297 g/mol. The van der Waals surface area contributed by atoms with Gasteiger partial charge in [0.1, 0.15) is 5.76 Å². The van der Waals surface area contributed by atoms with Gasteiger partial charge in [-0.3, -0.25) is 4.79 Å². The highest BCUT2D eigenvalue weighted by Gasteiger charge is 1.99. The summed E-state index contributed by atoms with van der Waals surface area (Å²) in [5.41, 5.74) is 5.26. The summed E-state index contributed by atoms with van der Waals surface area (Å²) in [5.74, 6) is 0.535. The van der Waals surface area contributed by atoms with E-state index in [0.29, 0.717) is 5.71 Å². The van der Waals surface area contributed by atoms with Crippen LogP contribution in [-0.4, -0.2) is 18.2 Å². The van der Waals surface area contributed by atoms with Gasteiger partial charge in [0, 0.05) is 5.69 Å². The quantitative estimate of drug-likeness (QED) is 0.635. The first-order chi connectivity index (χ1) is 10.6. The highest BCUT2D eigenvalue weighted by molar-refractivity contribution is 5.96. The molecule has 1 aromatic carbocycles. The van der Waals surface area contributed by atoms with E-state index in [1.807, 2.05) is 43.3 Å². The van der Waals surface area contributed by atoms with Crippen LogP contribution in [0.4, 0.5) is 5.69 Å². The van der Waals surface area contributed by atoms with Crippen molar-refractivity contribution >= 4 is 23.4 Å². The number of anilines is 1. The van der Waals surface area contributed by atoms with Gasteiger partial charge in [-0.25, -0.2) is 5.43 Å². The smallest absolute Gasteiger partial charge is 0.259 e. The zero-order valence-corrected chi connectivity index (χ0v) is 12.7. The summed E-state index contributed by atoms with van der Waals surface area (Å²) in [6, 6.07) is 11.5. The fourth-order valence-electron chi connectivity index (χ4n) is 1.67. The molecule has 1 aromatic heterocycles. The van der Waals surface area contributed by atoms with Crippen molar-refractivity contribution < 1.29 is 9.21 Å². The molecule has 1 heterocycles. The van der Waals surface area contributed by atoms with E-state index in [4.69, 9.17) is 4.42 Å². The Morgan fingerprint density at radius 2 is 2.05 bits per heavy atom. The molecule has 5 heteroatoms. The molecule has 0 atom stereocenters. The summed E-state index contributed by atoms with van der Waals surface area (Å²) < 4.78 is 5.17. The zero-order valence-electron chi connectivity index (χ0n) is 12.7. The van der Waals surface area contributed by atoms with Crippen LogP contribution in [0.3, 0.4) is 0 Å². The summed E-state index contributed by atoms with van der Waals surface area (Å²) in [7, 11) is 0. The molecule has 0 bridgehead atoms. The van der Waals surface area contributed by atoms with Gasteiger partial charge in [-0.15, -0.1) is 0 Å². The van der Waals surface area contributed by atoms with Crippen molar-refractivity contribution in [3.8, 4) is 0 Å². The zero-order chi connectivity index (χ0) is 15.8. The number of amides is 1. The molecule has 0 aliphatic heterocycles. The fourth-order valence-corrected chi connectivity index (χ4v) is 1.67. The van der Waals surface area contributed by atoms with Gasteiger partial charge in [-0.2, -0.15) is 5.10 Å². The summed E-state index contributed by atoms with van der Waals surface area (Å²) >= 11 is 0. The average Bonchev–Trinajstić information content (AvgIpc) is 3.04. The topological polar surface area (TPSA) is 66.6 Å². The largest absolute Gasteiger partial charge is 0.465 e. The van der Waals surface area contributed by atoms with Gasteiger partial charge in [-0.1, -0.05) is 17.7 Å². The average molecular weight is 297 g/mol. The van der Waals surface area contributed by atoms with Gasteiger partial charge >= 0.3 is 0 Å². The van der Waals surface area contributed by atoms with Crippen molar-refractivity contribution in [2.45, 2.75) is 13.8 Å². The van der Waals surface area contributed by atoms with Crippen molar-refractivity contribution in [3.63, 3.8) is 0 Å². The van der Waals surface area contributed by atoms with Gasteiger partial charge in [0.15, 0.2) is 0 Å². The third-order valence-electron chi connectivity index (χ3n) is 2.89. The number of rotatable bonds is 6. The maximum Gasteiger partial charge on any atom is 0.259 e. The Kier molecular flexibility index (Phi) is 5.54. The lowest BCUT2D eigenvalue weighted by Crippen LogP contribution is -2.26. The number of furan rings is 1. The van der Waals surface area contributed by atoms with Crippen LogP contribution in [-0.2, 0) is 4.79 Å². The predicted molar refractivity (Wildman–Crippen MR) is 88.7 cm³/mol. The Hall–Kier alpha value is -2.82. The second-order valence-corrected chi connectivity index (χ2v) is 4.86. The molecule has 0 unspecified atom stereocenters. The normalized spacial score (nSPS) is 11.6. The van der Waals surface area contributed by atoms with E-state index in [9.17, 15) is 4.79 Å². The molecule has 22 heavy (non-hydrogen) atoms. The molecule has 0 saturated carbocycles. The first-order valence-electron chi connectivity index (χ1n) is 6.99. The van der Waals surface area contributed by atoms with E-state index >= 15 is 0 Å². The van der Waals surface area contributed by atoms with Crippen LogP contribution in [0.2, 0.25) is 0 Å². The van der Waals surface area contributed by atoms with Crippen LogP contribution in [0.1, 0.15) is 18.2 Å². The molecular formula is C17H19N3O2. The van der Waals surface area contributed by atoms with Crippen molar-refractivity contribution in [1.29, 1.82) is 0 Å². The standard InChI is InChI=1S/C17H19N3O2/c1-13-5-8-15(9-6-13)18-12-17(21)20-19-14(2)7-10-16-4-3-11-22-16/h3-11,18H,12H2,1-2H3,(H,20,21). The van der Waals surface area contributed by atoms with Crippen LogP contribution in [0.25, 0.3) is 6.08 Å². The van der Waals surface area contributed by atoms with E-state index in [0.717, 1.165) is 11.4 Å². The molecule has 0 aliphatic carbocycles. The SMILES string of the molecule is CC(C=Cc1ccco1)=NNC(=O)CNc1ccc(C)cc1. The fraction of sp³-hybridized carbons (Fsp3) is 0.176. The van der Waals surface area contributed by atoms with E-state index in [-0.39, 0.29) is 12.5 Å². The number of carbonyl (C=O) groups is 1. The molecule has 2 aromatic rings. The lowest BCUT2D eigenvalue weighted by molar-refractivity contribution is -0.119. The Morgan fingerprint density at radius 1 is 1.27 bits per heavy atom. The molecule has 2 rings (SSSR count). The molecule has 0 aliphatic rings. The Morgan fingerprint density at radius 3 is 2.73 bits per heavy atom. The number of nitrogens with one attached hydrogen (secondary N) is 2. The van der Waals surface area contributed by atoms with Crippen LogP contribution in [0, 0.1) is 6.92 Å². The number of hydrogen-bond donors (Lipinski definition) is 2. The van der Waals surface area contributed by atoms with Crippen LogP contribution in [0.15, 0.2) is 58.3 Å². The summed E-state index contributed by atoms with van der Waals surface area (Å²) in [5, 5.41) is 7.03. The molecule has 114 valence electrons. The predicted octanol–water partition coefficient (Wildman–Crippen LogP) is 3.21. The van der Waals surface area contributed by atoms with Crippen molar-refractivity contribution in [1.82, 2.24) is 5.43 Å². The number of nitrogens with zero attached hydrogens (tertiary/aromatic N) is 1. The van der Waals surface area contributed by atoms with Gasteiger partial charge in [0.05, 0.1) is 18.5 Å². The number of hydrazone groups is 1. The second-order valence-electron chi connectivity index (χ2n) is 4.86. The van der Waals surface area contributed by atoms with E-state index in [1.54, 1.807) is 25.3 Å². The number of allylic oxidation sites excluding steroid dienone is 1. The lowest BCUT2D eigenvalue weighted by Gasteiger charge is -2.05. The van der Waals surface area contributed by atoms with Crippen molar-refractivity contribution in [2.24, 2.45) is 5.10 Å². The summed E-state index contributed by atoms with van der Waals surface area (Å²) in [6.07, 6.45) is 5.16. The minimum Gasteiger partial charge on any atom is -0.465 e. The third kappa shape index (κ3) is 5.28. The second kappa shape index (κ2) is 7.83. The minimum atomic E-state index is -0.202. The third-order valence-corrected chi connectivity index (χ3v) is 2.89. The van der Waals surface area contributed by atoms with Crippen LogP contribution >= 0.6 is 0 Å². The Bertz CT molecular complexity index is 656. The number of carbonyl (C=O) groups excluding carboxylic acids is 1. The minimum absolute atomic E-state index is 0.168. The molecule has 0 radical (unpaired) electrons. The van der Waals surface area contributed by atoms with Gasteiger partial charge in [0.25, 0.3) is 5.91 Å². The number of benzene rings is 1. The van der Waals surface area contributed by atoms with Gasteiger partial charge in [-0.05, 0) is 50.3 Å². The Labute approximate surface area is 129 Å². The van der Waals surface area contributed by atoms with Gasteiger partial charge in [0.2, 0.25) is 0 Å². The molecule has 1 amide bonds. The molecule has 0 saturated heterocycles. The van der Waals surface area contributed by atoms with Gasteiger partial charge < -0.3 is 9.73 Å². The molecular weight excluding hydrogens is 278 g/mol. The lowest BCUT2D eigenvalue weighted by atomic mass is 10.2. The van der Waals surface area contributed by atoms with Crippen LogP contribution in [0.5, 0.6) is 0 Å². The maximum atomic E-state index is 11.7. The first-order valence-corrected chi connectivity index (χ1v) is 6.99. The highest BCUT2D eigenvalue weighted by atomic mass is 16.3. The molecule has 0 spiro atoms. The van der Waals surface area contributed by atoms with E-state index < -0.39 is 0 Å². The molecule has 2 N–H and O–H groups in total. The maximum absolute atomic E-state index is 11.7. The number of aryl methyl sites for hydroxylation is 1. The first kappa shape index (κ1) is 15.6. The molecule has 5 nitrogen and oxygen atoms in total. The summed E-state index contributed by atoms with van der Waals surface area (Å²) in [6.45, 7) is 3.99. The van der Waals surface area contributed by atoms with Crippen LogP contribution < -0.4 is 10.7 Å². The van der Waals surface area contributed by atoms with Crippen molar-refractivity contribution in [3.05, 3.63) is 60.1 Å². The van der Waals surface area contributed by atoms with E-state index in [2.05, 4.69) is 15.8 Å². The van der Waals surface area contributed by atoms with Crippen molar-refractivity contribution in [2.75, 3.05) is 11.9 Å². The molecule has 0 fully saturated rings. The van der Waals surface area contributed by atoms with E-state index in [1.165, 1.54) is 5.56 Å². The number of hydrogen-bond acceptors (Lipinski definition) is 4.